The normalized spacial score (nSPS) is 16.8. The molecule has 1 aliphatic rings. The molecule has 1 rings (SSSR count). The summed E-state index contributed by atoms with van der Waals surface area (Å²) >= 11 is 0. The summed E-state index contributed by atoms with van der Waals surface area (Å²) in [7, 11) is 0. The zero-order valence-electron chi connectivity index (χ0n) is 4.88. The smallest absolute Gasteiger partial charge is 0.0351 e. The topological polar surface area (TPSA) is 40.5 Å². The van der Waals surface area contributed by atoms with Gasteiger partial charge in [-0.1, -0.05) is 12.2 Å². The fourth-order valence-corrected chi connectivity index (χ4v) is 0.760. The quantitative estimate of drug-likeness (QED) is 0.289. The second kappa shape index (κ2) is 6.66. The van der Waals surface area contributed by atoms with Crippen molar-refractivity contribution in [2.75, 3.05) is 0 Å². The molecule has 2 nitrogen and oxygen atoms in total. The highest BCUT2D eigenvalue weighted by molar-refractivity contribution is 4.85. The van der Waals surface area contributed by atoms with Crippen LogP contribution in [-0.4, -0.2) is 10.5 Å². The maximum absolute atomic E-state index is 6.00. The first-order chi connectivity index (χ1) is 4.00. The van der Waals surface area contributed by atoms with Gasteiger partial charge in [0.2, 0.25) is 0 Å². The zero-order valence-corrected chi connectivity index (χ0v) is 4.88. The van der Waals surface area contributed by atoms with Crippen LogP contribution < -0.4 is 0 Å². The molecule has 0 saturated carbocycles. The molecule has 0 fully saturated rings. The van der Waals surface area contributed by atoms with Gasteiger partial charge in [0.1, 0.15) is 0 Å². The van der Waals surface area contributed by atoms with E-state index in [1.165, 1.54) is 25.7 Å². The van der Waals surface area contributed by atoms with Crippen molar-refractivity contribution in [3.63, 3.8) is 0 Å². The van der Waals surface area contributed by atoms with E-state index in [1.54, 1.807) is 0 Å². The largest absolute Gasteiger partial charge is 0.255 e. The average Bonchev–Trinajstić information content (AvgIpc) is 1.96. The summed E-state index contributed by atoms with van der Waals surface area (Å²) in [5.74, 6) is 0. The van der Waals surface area contributed by atoms with Crippen molar-refractivity contribution < 1.29 is 10.5 Å². The Bertz CT molecular complexity index is 51.5. The molecule has 0 radical (unpaired) electrons. The summed E-state index contributed by atoms with van der Waals surface area (Å²) in [5, 5.41) is 12.0. The van der Waals surface area contributed by atoms with Gasteiger partial charge in [0.25, 0.3) is 0 Å². The van der Waals surface area contributed by atoms with Gasteiger partial charge in [-0.25, -0.2) is 0 Å². The standard InChI is InChI=1S/C6H10.H2O2/c1-2-4-6-5-3-1;1-2/h1-2H,3-6H2;1-2H. The van der Waals surface area contributed by atoms with Gasteiger partial charge >= 0.3 is 0 Å². The summed E-state index contributed by atoms with van der Waals surface area (Å²) in [6, 6.07) is 0. The Balaban J connectivity index is 0.000000222. The van der Waals surface area contributed by atoms with E-state index in [1.807, 2.05) is 0 Å². The van der Waals surface area contributed by atoms with E-state index < -0.39 is 0 Å². The third-order valence-electron chi connectivity index (χ3n) is 1.16. The van der Waals surface area contributed by atoms with Crippen LogP contribution in [0.4, 0.5) is 0 Å². The Kier molecular flexibility index (Phi) is 6.38. The van der Waals surface area contributed by atoms with Gasteiger partial charge in [0.05, 0.1) is 0 Å². The van der Waals surface area contributed by atoms with Crippen LogP contribution in [0.3, 0.4) is 0 Å². The molecular weight excluding hydrogens is 104 g/mol. The second-order valence-corrected chi connectivity index (χ2v) is 1.76. The SMILES string of the molecule is C1=CCCCC1.OO. The summed E-state index contributed by atoms with van der Waals surface area (Å²) in [5.41, 5.74) is 0. The molecule has 0 aromatic carbocycles. The molecule has 0 spiro atoms. The predicted octanol–water partition coefficient (Wildman–Crippen LogP) is 2.13. The first-order valence-electron chi connectivity index (χ1n) is 2.85. The molecule has 0 atom stereocenters. The third-order valence-corrected chi connectivity index (χ3v) is 1.16. The van der Waals surface area contributed by atoms with Crippen LogP contribution in [0, 0.1) is 0 Å². The van der Waals surface area contributed by atoms with Gasteiger partial charge in [-0.05, 0) is 25.7 Å². The summed E-state index contributed by atoms with van der Waals surface area (Å²) in [6.07, 6.45) is 10.0. The summed E-state index contributed by atoms with van der Waals surface area (Å²) < 4.78 is 0. The van der Waals surface area contributed by atoms with Crippen molar-refractivity contribution in [2.24, 2.45) is 0 Å². The van der Waals surface area contributed by atoms with Crippen LogP contribution in [0.2, 0.25) is 0 Å². The highest BCUT2D eigenvalue weighted by atomic mass is 17.0. The van der Waals surface area contributed by atoms with E-state index in [9.17, 15) is 0 Å². The molecule has 2 heteroatoms. The maximum Gasteiger partial charge on any atom is -0.0351 e. The van der Waals surface area contributed by atoms with Crippen molar-refractivity contribution in [1.82, 2.24) is 0 Å². The Hall–Kier alpha value is -0.340. The van der Waals surface area contributed by atoms with Crippen molar-refractivity contribution in [3.8, 4) is 0 Å². The first-order valence-corrected chi connectivity index (χ1v) is 2.85. The number of allylic oxidation sites excluding steroid dienone is 2. The van der Waals surface area contributed by atoms with Gasteiger partial charge in [-0.3, -0.25) is 10.5 Å². The second-order valence-electron chi connectivity index (χ2n) is 1.76. The zero-order chi connectivity index (χ0) is 6.24. The fraction of sp³-hybridized carbons (Fsp3) is 0.667. The lowest BCUT2D eigenvalue weighted by Gasteiger charge is -1.97. The summed E-state index contributed by atoms with van der Waals surface area (Å²) in [6.45, 7) is 0. The van der Waals surface area contributed by atoms with Crippen molar-refractivity contribution in [3.05, 3.63) is 12.2 Å². The Labute approximate surface area is 49.4 Å². The molecule has 0 unspecified atom stereocenters. The molecule has 8 heavy (non-hydrogen) atoms. The van der Waals surface area contributed by atoms with Crippen LogP contribution in [-0.2, 0) is 0 Å². The van der Waals surface area contributed by atoms with E-state index in [0.717, 1.165) is 0 Å². The van der Waals surface area contributed by atoms with Crippen LogP contribution in [0.25, 0.3) is 0 Å². The predicted molar refractivity (Wildman–Crippen MR) is 32.9 cm³/mol. The van der Waals surface area contributed by atoms with Gasteiger partial charge in [-0.15, -0.1) is 0 Å². The molecule has 0 saturated heterocycles. The molecule has 0 bridgehead atoms. The lowest BCUT2D eigenvalue weighted by atomic mass is 10.1. The van der Waals surface area contributed by atoms with Crippen LogP contribution >= 0.6 is 0 Å². The van der Waals surface area contributed by atoms with E-state index >= 15 is 0 Å². The first kappa shape index (κ1) is 7.66. The van der Waals surface area contributed by atoms with E-state index in [-0.39, 0.29) is 0 Å². The Morgan fingerprint density at radius 1 is 0.875 bits per heavy atom. The van der Waals surface area contributed by atoms with Gasteiger partial charge in [-0.2, -0.15) is 0 Å². The number of hydrogen-bond acceptors (Lipinski definition) is 2. The molecule has 0 heterocycles. The summed E-state index contributed by atoms with van der Waals surface area (Å²) in [4.78, 5) is 0. The molecular formula is C6H12O2. The van der Waals surface area contributed by atoms with Crippen molar-refractivity contribution in [1.29, 1.82) is 0 Å². The number of hydrogen-bond donors (Lipinski definition) is 2. The van der Waals surface area contributed by atoms with Crippen LogP contribution in [0.1, 0.15) is 25.7 Å². The monoisotopic (exact) mass is 116 g/mol. The van der Waals surface area contributed by atoms with Crippen molar-refractivity contribution in [2.45, 2.75) is 25.7 Å². The van der Waals surface area contributed by atoms with Gasteiger partial charge < -0.3 is 0 Å². The minimum Gasteiger partial charge on any atom is -0.255 e. The Morgan fingerprint density at radius 3 is 1.38 bits per heavy atom. The highest BCUT2D eigenvalue weighted by Crippen LogP contribution is 2.07. The molecule has 1 aliphatic carbocycles. The lowest BCUT2D eigenvalue weighted by Crippen LogP contribution is -1.77. The lowest BCUT2D eigenvalue weighted by molar-refractivity contribution is -0.176. The third kappa shape index (κ3) is 3.84. The molecule has 0 aliphatic heterocycles. The minimum absolute atomic E-state index is 1.32. The highest BCUT2D eigenvalue weighted by Gasteiger charge is 1.87. The van der Waals surface area contributed by atoms with Crippen LogP contribution in [0.15, 0.2) is 12.2 Å². The molecule has 0 aromatic rings. The molecule has 0 amide bonds. The average molecular weight is 116 g/mol. The van der Waals surface area contributed by atoms with Crippen molar-refractivity contribution >= 4 is 0 Å². The molecule has 0 aromatic heterocycles. The maximum atomic E-state index is 6.00. The van der Waals surface area contributed by atoms with Crippen LogP contribution in [0.5, 0.6) is 0 Å². The fourth-order valence-electron chi connectivity index (χ4n) is 0.760. The molecule has 2 N–H and O–H groups in total. The Morgan fingerprint density at radius 2 is 1.25 bits per heavy atom. The number of rotatable bonds is 0. The van der Waals surface area contributed by atoms with E-state index in [2.05, 4.69) is 12.2 Å². The van der Waals surface area contributed by atoms with Gasteiger partial charge in [0, 0.05) is 0 Å². The minimum atomic E-state index is 1.32. The molecule has 48 valence electrons. The van der Waals surface area contributed by atoms with E-state index in [4.69, 9.17) is 10.5 Å². The van der Waals surface area contributed by atoms with E-state index in [0.29, 0.717) is 0 Å². The van der Waals surface area contributed by atoms with Gasteiger partial charge in [0.15, 0.2) is 0 Å².